The third-order valence-electron chi connectivity index (χ3n) is 5.71. The van der Waals surface area contributed by atoms with Crippen molar-refractivity contribution in [1.82, 2.24) is 25.6 Å². The fourth-order valence-corrected chi connectivity index (χ4v) is 4.89. The molecule has 2 aliphatic heterocycles. The Morgan fingerprint density at radius 3 is 2.46 bits per heavy atom. The molecule has 3 atom stereocenters. The van der Waals surface area contributed by atoms with Crippen molar-refractivity contribution < 1.29 is 8.42 Å². The van der Waals surface area contributed by atoms with Gasteiger partial charge in [-0.15, -0.1) is 0 Å². The molecule has 8 heteroatoms. The summed E-state index contributed by atoms with van der Waals surface area (Å²) in [6.45, 7) is 8.44. The Bertz CT molecular complexity index is 739. The number of rotatable bonds is 7. The summed E-state index contributed by atoms with van der Waals surface area (Å²) in [5.41, 5.74) is 1.13. The predicted molar refractivity (Wildman–Crippen MR) is 113 cm³/mol. The van der Waals surface area contributed by atoms with Crippen LogP contribution in [0.4, 0.5) is 0 Å². The number of nitrogens with one attached hydrogen (secondary N) is 2. The lowest BCUT2D eigenvalue weighted by atomic mass is 10.0. The van der Waals surface area contributed by atoms with Crippen LogP contribution in [0.3, 0.4) is 0 Å². The van der Waals surface area contributed by atoms with Gasteiger partial charge in [-0.3, -0.25) is 5.32 Å². The second kappa shape index (κ2) is 9.19. The molecule has 2 fully saturated rings. The van der Waals surface area contributed by atoms with Crippen molar-refractivity contribution in [2.75, 3.05) is 59.6 Å². The Balaban J connectivity index is 1.56. The van der Waals surface area contributed by atoms with Gasteiger partial charge in [-0.25, -0.2) is 18.4 Å². The highest BCUT2D eigenvalue weighted by atomic mass is 32.2. The topological polar surface area (TPSA) is 67.9 Å². The minimum absolute atomic E-state index is 0.188. The van der Waals surface area contributed by atoms with E-state index in [1.165, 1.54) is 12.7 Å². The minimum atomic E-state index is -3.15. The molecule has 2 saturated heterocycles. The summed E-state index contributed by atoms with van der Waals surface area (Å²) in [6, 6.07) is 7.46. The number of hydrazine groups is 1. The number of nitrogens with zero attached hydrogens (tertiary/aromatic N) is 3. The van der Waals surface area contributed by atoms with Gasteiger partial charge in [0.1, 0.15) is 0 Å². The average Bonchev–Trinajstić information content (AvgIpc) is 2.99. The van der Waals surface area contributed by atoms with Crippen molar-refractivity contribution in [3.63, 3.8) is 0 Å². The Hall–Kier alpha value is -1.03. The van der Waals surface area contributed by atoms with Crippen molar-refractivity contribution in [3.8, 4) is 0 Å². The van der Waals surface area contributed by atoms with E-state index in [9.17, 15) is 8.42 Å². The second-order valence-corrected chi connectivity index (χ2v) is 10.4. The zero-order valence-electron chi connectivity index (χ0n) is 17.6. The first-order chi connectivity index (χ1) is 13.3. The first kappa shape index (κ1) is 21.7. The molecule has 2 N–H and O–H groups in total. The van der Waals surface area contributed by atoms with Crippen LogP contribution in [-0.2, 0) is 9.84 Å². The molecule has 7 nitrogen and oxygen atoms in total. The van der Waals surface area contributed by atoms with E-state index in [4.69, 9.17) is 0 Å². The van der Waals surface area contributed by atoms with Crippen molar-refractivity contribution in [2.24, 2.45) is 5.92 Å². The fraction of sp³-hybridized carbons (Fsp3) is 0.700. The summed E-state index contributed by atoms with van der Waals surface area (Å²) in [7, 11) is 1.16. The largest absolute Gasteiger partial charge is 0.302 e. The van der Waals surface area contributed by atoms with E-state index in [-0.39, 0.29) is 12.2 Å². The molecule has 0 spiro atoms. The summed E-state index contributed by atoms with van der Waals surface area (Å²) < 4.78 is 23.4. The second-order valence-electron chi connectivity index (χ2n) is 8.36. The average molecular weight is 410 g/mol. The summed E-state index contributed by atoms with van der Waals surface area (Å²) in [4.78, 5) is 2.70. The van der Waals surface area contributed by atoms with Gasteiger partial charge >= 0.3 is 0 Å². The van der Waals surface area contributed by atoms with Crippen molar-refractivity contribution in [3.05, 3.63) is 29.8 Å². The highest BCUT2D eigenvalue weighted by Crippen LogP contribution is 2.21. The third-order valence-corrected chi connectivity index (χ3v) is 6.84. The summed E-state index contributed by atoms with van der Waals surface area (Å²) >= 11 is 0. The van der Waals surface area contributed by atoms with Gasteiger partial charge < -0.3 is 10.2 Å². The van der Waals surface area contributed by atoms with Gasteiger partial charge in [0.05, 0.1) is 11.1 Å². The molecule has 3 unspecified atom stereocenters. The van der Waals surface area contributed by atoms with E-state index < -0.39 is 9.84 Å². The normalized spacial score (nSPS) is 28.1. The van der Waals surface area contributed by atoms with Crippen molar-refractivity contribution in [1.29, 1.82) is 0 Å². The molecular weight excluding hydrogens is 374 g/mol. The zero-order valence-corrected chi connectivity index (χ0v) is 18.4. The smallest absolute Gasteiger partial charge is 0.175 e. The van der Waals surface area contributed by atoms with Gasteiger partial charge in [0.2, 0.25) is 0 Å². The van der Waals surface area contributed by atoms with Crippen LogP contribution in [-0.4, -0.2) is 89.1 Å². The van der Waals surface area contributed by atoms with Gasteiger partial charge in [-0.05, 0) is 37.1 Å². The molecular formula is C20H35N5O2S. The zero-order chi connectivity index (χ0) is 20.3. The van der Waals surface area contributed by atoms with Crippen LogP contribution >= 0.6 is 0 Å². The molecule has 0 amide bonds. The molecule has 158 valence electrons. The number of sulfone groups is 1. The molecule has 2 heterocycles. The number of piperazine rings is 1. The van der Waals surface area contributed by atoms with E-state index in [0.717, 1.165) is 44.8 Å². The fourth-order valence-electron chi connectivity index (χ4n) is 4.26. The van der Waals surface area contributed by atoms with Crippen LogP contribution in [0.2, 0.25) is 0 Å². The molecule has 0 aliphatic carbocycles. The van der Waals surface area contributed by atoms with E-state index in [1.807, 2.05) is 12.1 Å². The standard InChI is InChI=1S/C20H35N5O2S/c1-5-10-25-13-16(12-24(25)3)11-21-20-15-23(2)14-19(22-20)17-6-8-18(9-7-17)28(4,26)27/h6-9,16,19-22H,5,10-15H2,1-4H3. The Labute approximate surface area is 170 Å². The maximum atomic E-state index is 11.7. The molecule has 3 rings (SSSR count). The van der Waals surface area contributed by atoms with E-state index >= 15 is 0 Å². The maximum Gasteiger partial charge on any atom is 0.175 e. The Kier molecular flexibility index (Phi) is 7.12. The SMILES string of the molecule is CCCN1CC(CNC2CN(C)CC(c3ccc(S(C)(=O)=O)cc3)N2)CN1C. The van der Waals surface area contributed by atoms with Gasteiger partial charge in [0.15, 0.2) is 9.84 Å². The van der Waals surface area contributed by atoms with Crippen LogP contribution in [0.15, 0.2) is 29.2 Å². The molecule has 0 bridgehead atoms. The summed E-state index contributed by atoms with van der Waals surface area (Å²) in [6.07, 6.45) is 2.65. The molecule has 2 aliphatic rings. The van der Waals surface area contributed by atoms with Gasteiger partial charge in [0.25, 0.3) is 0 Å². The molecule has 28 heavy (non-hydrogen) atoms. The van der Waals surface area contributed by atoms with Gasteiger partial charge in [-0.2, -0.15) is 0 Å². The van der Waals surface area contributed by atoms with E-state index in [1.54, 1.807) is 12.1 Å². The monoisotopic (exact) mass is 409 g/mol. The van der Waals surface area contributed by atoms with E-state index in [0.29, 0.717) is 10.8 Å². The lowest BCUT2D eigenvalue weighted by Gasteiger charge is -2.38. The lowest BCUT2D eigenvalue weighted by Crippen LogP contribution is -2.58. The lowest BCUT2D eigenvalue weighted by molar-refractivity contribution is 0.0564. The van der Waals surface area contributed by atoms with Crippen LogP contribution in [0.1, 0.15) is 24.9 Å². The van der Waals surface area contributed by atoms with Gasteiger partial charge in [0, 0.05) is 58.6 Å². The maximum absolute atomic E-state index is 11.7. The van der Waals surface area contributed by atoms with Crippen LogP contribution in [0.5, 0.6) is 0 Å². The van der Waals surface area contributed by atoms with Crippen LogP contribution in [0.25, 0.3) is 0 Å². The highest BCUT2D eigenvalue weighted by molar-refractivity contribution is 7.90. The summed E-state index contributed by atoms with van der Waals surface area (Å²) in [5.74, 6) is 0.637. The quantitative estimate of drug-likeness (QED) is 0.689. The van der Waals surface area contributed by atoms with Crippen LogP contribution < -0.4 is 10.6 Å². The molecule has 0 radical (unpaired) electrons. The molecule has 0 saturated carbocycles. The molecule has 0 aromatic heterocycles. The number of hydrogen-bond donors (Lipinski definition) is 2. The minimum Gasteiger partial charge on any atom is -0.302 e. The molecule has 1 aromatic rings. The first-order valence-electron chi connectivity index (χ1n) is 10.2. The number of benzene rings is 1. The van der Waals surface area contributed by atoms with Gasteiger partial charge in [-0.1, -0.05) is 19.1 Å². The first-order valence-corrected chi connectivity index (χ1v) is 12.1. The third kappa shape index (κ3) is 5.52. The highest BCUT2D eigenvalue weighted by Gasteiger charge is 2.29. The Morgan fingerprint density at radius 1 is 1.11 bits per heavy atom. The number of likely N-dealkylation sites (N-methyl/N-ethyl adjacent to an activating group) is 1. The van der Waals surface area contributed by atoms with Crippen molar-refractivity contribution >= 4 is 9.84 Å². The van der Waals surface area contributed by atoms with E-state index in [2.05, 4.69) is 46.6 Å². The van der Waals surface area contributed by atoms with Crippen LogP contribution in [0, 0.1) is 5.92 Å². The molecule has 1 aromatic carbocycles. The Morgan fingerprint density at radius 2 is 1.82 bits per heavy atom. The predicted octanol–water partition coefficient (Wildman–Crippen LogP) is 0.771. The number of hydrogen-bond acceptors (Lipinski definition) is 7. The summed E-state index contributed by atoms with van der Waals surface area (Å²) in [5, 5.41) is 12.2. The van der Waals surface area contributed by atoms with Crippen molar-refractivity contribution in [2.45, 2.75) is 30.4 Å².